The topological polar surface area (TPSA) is 44.0 Å². The van der Waals surface area contributed by atoms with Crippen LogP contribution >= 0.6 is 11.3 Å². The molecule has 0 spiro atoms. The van der Waals surface area contributed by atoms with Crippen LogP contribution in [0.1, 0.15) is 5.56 Å². The number of thiophene rings is 1. The van der Waals surface area contributed by atoms with Crippen molar-refractivity contribution in [1.29, 1.82) is 0 Å². The van der Waals surface area contributed by atoms with Crippen molar-refractivity contribution in [2.75, 3.05) is 0 Å². The number of hydrogen-bond acceptors (Lipinski definition) is 3. The SMILES string of the molecule is O=c1c2sccc2n(Cc2ccccc2)c(=O)n1-c1ccccc1. The highest BCUT2D eigenvalue weighted by atomic mass is 32.1. The van der Waals surface area contributed by atoms with Gasteiger partial charge in [-0.1, -0.05) is 48.5 Å². The smallest absolute Gasteiger partial charge is 0.288 e. The van der Waals surface area contributed by atoms with E-state index in [-0.39, 0.29) is 11.2 Å². The van der Waals surface area contributed by atoms with Gasteiger partial charge in [0.2, 0.25) is 0 Å². The first kappa shape index (κ1) is 14.7. The average molecular weight is 334 g/mol. The highest BCUT2D eigenvalue weighted by molar-refractivity contribution is 7.17. The van der Waals surface area contributed by atoms with Crippen molar-refractivity contribution in [3.05, 3.63) is 98.5 Å². The lowest BCUT2D eigenvalue weighted by atomic mass is 10.2. The molecule has 2 aromatic carbocycles. The van der Waals surface area contributed by atoms with Crippen molar-refractivity contribution in [3.8, 4) is 5.69 Å². The largest absolute Gasteiger partial charge is 0.336 e. The fourth-order valence-electron chi connectivity index (χ4n) is 2.81. The zero-order valence-electron chi connectivity index (χ0n) is 12.8. The van der Waals surface area contributed by atoms with Crippen molar-refractivity contribution in [2.24, 2.45) is 0 Å². The van der Waals surface area contributed by atoms with E-state index in [4.69, 9.17) is 0 Å². The number of para-hydroxylation sites is 1. The summed E-state index contributed by atoms with van der Waals surface area (Å²) in [6.45, 7) is 0.431. The van der Waals surface area contributed by atoms with Gasteiger partial charge in [0.1, 0.15) is 4.70 Å². The normalized spacial score (nSPS) is 11.0. The number of aromatic nitrogens is 2. The van der Waals surface area contributed by atoms with Crippen LogP contribution in [0.5, 0.6) is 0 Å². The Labute approximate surface area is 141 Å². The minimum absolute atomic E-state index is 0.263. The van der Waals surface area contributed by atoms with Gasteiger partial charge in [-0.15, -0.1) is 11.3 Å². The van der Waals surface area contributed by atoms with E-state index >= 15 is 0 Å². The molecule has 0 unspecified atom stereocenters. The Kier molecular flexibility index (Phi) is 3.63. The van der Waals surface area contributed by atoms with Gasteiger partial charge in [-0.2, -0.15) is 0 Å². The third-order valence-corrected chi connectivity index (χ3v) is 4.84. The first-order valence-electron chi connectivity index (χ1n) is 7.58. The van der Waals surface area contributed by atoms with Crippen molar-refractivity contribution in [3.63, 3.8) is 0 Å². The van der Waals surface area contributed by atoms with Crippen molar-refractivity contribution in [2.45, 2.75) is 6.54 Å². The molecule has 5 heteroatoms. The van der Waals surface area contributed by atoms with Crippen LogP contribution in [0.2, 0.25) is 0 Å². The predicted octanol–water partition coefficient (Wildman–Crippen LogP) is 3.26. The number of fused-ring (bicyclic) bond motifs is 1. The minimum atomic E-state index is -0.319. The Morgan fingerprint density at radius 3 is 2.21 bits per heavy atom. The van der Waals surface area contributed by atoms with Crippen molar-refractivity contribution < 1.29 is 0 Å². The van der Waals surface area contributed by atoms with E-state index in [0.29, 0.717) is 22.4 Å². The first-order valence-corrected chi connectivity index (χ1v) is 8.46. The molecule has 2 heterocycles. The predicted molar refractivity (Wildman–Crippen MR) is 97.2 cm³/mol. The lowest BCUT2D eigenvalue weighted by Crippen LogP contribution is -2.38. The third-order valence-electron chi connectivity index (χ3n) is 3.95. The van der Waals surface area contributed by atoms with Crippen LogP contribution in [0.15, 0.2) is 81.7 Å². The Hall–Kier alpha value is -2.92. The van der Waals surface area contributed by atoms with E-state index in [9.17, 15) is 9.59 Å². The zero-order chi connectivity index (χ0) is 16.5. The molecular formula is C19H14N2O2S. The number of hydrogen-bond donors (Lipinski definition) is 0. The fraction of sp³-hybridized carbons (Fsp3) is 0.0526. The lowest BCUT2D eigenvalue weighted by molar-refractivity contribution is 0.716. The summed E-state index contributed by atoms with van der Waals surface area (Å²) in [7, 11) is 0. The monoisotopic (exact) mass is 334 g/mol. The second-order valence-electron chi connectivity index (χ2n) is 5.47. The van der Waals surface area contributed by atoms with Gasteiger partial charge in [-0.05, 0) is 29.1 Å². The highest BCUT2D eigenvalue weighted by Gasteiger charge is 2.15. The van der Waals surface area contributed by atoms with E-state index in [1.807, 2.05) is 60.0 Å². The molecule has 0 aliphatic heterocycles. The van der Waals surface area contributed by atoms with E-state index in [1.54, 1.807) is 16.7 Å². The second kappa shape index (κ2) is 5.94. The molecule has 0 fully saturated rings. The molecule has 0 saturated heterocycles. The van der Waals surface area contributed by atoms with Gasteiger partial charge in [0.25, 0.3) is 5.56 Å². The van der Waals surface area contributed by atoms with Gasteiger partial charge in [0, 0.05) is 0 Å². The molecule has 0 radical (unpaired) electrons. The van der Waals surface area contributed by atoms with Crippen LogP contribution in [0.25, 0.3) is 15.9 Å². The van der Waals surface area contributed by atoms with Crippen LogP contribution < -0.4 is 11.2 Å². The molecule has 24 heavy (non-hydrogen) atoms. The van der Waals surface area contributed by atoms with Gasteiger partial charge >= 0.3 is 5.69 Å². The Balaban J connectivity index is 2.02. The summed E-state index contributed by atoms with van der Waals surface area (Å²) in [5, 5.41) is 1.85. The molecule has 4 aromatic rings. The average Bonchev–Trinajstić information content (AvgIpc) is 3.11. The molecule has 0 atom stereocenters. The molecular weight excluding hydrogens is 320 g/mol. The van der Waals surface area contributed by atoms with Gasteiger partial charge in [0.15, 0.2) is 0 Å². The Morgan fingerprint density at radius 1 is 0.833 bits per heavy atom. The van der Waals surface area contributed by atoms with Gasteiger partial charge < -0.3 is 0 Å². The lowest BCUT2D eigenvalue weighted by Gasteiger charge is -2.12. The van der Waals surface area contributed by atoms with E-state index in [2.05, 4.69) is 0 Å². The summed E-state index contributed by atoms with van der Waals surface area (Å²) in [6, 6.07) is 20.7. The summed E-state index contributed by atoms with van der Waals surface area (Å²) >= 11 is 1.36. The second-order valence-corrected chi connectivity index (χ2v) is 6.38. The van der Waals surface area contributed by atoms with Gasteiger partial charge in [0.05, 0.1) is 17.7 Å². The summed E-state index contributed by atoms with van der Waals surface area (Å²) in [5.74, 6) is 0. The van der Waals surface area contributed by atoms with Crippen molar-refractivity contribution in [1.82, 2.24) is 9.13 Å². The number of rotatable bonds is 3. The molecule has 0 aliphatic rings. The van der Waals surface area contributed by atoms with Crippen LogP contribution in [0.3, 0.4) is 0 Å². The highest BCUT2D eigenvalue weighted by Crippen LogP contribution is 2.17. The molecule has 4 nitrogen and oxygen atoms in total. The molecule has 0 bridgehead atoms. The van der Waals surface area contributed by atoms with E-state index in [1.165, 1.54) is 15.9 Å². The van der Waals surface area contributed by atoms with Crippen LogP contribution in [-0.2, 0) is 6.54 Å². The molecule has 0 N–H and O–H groups in total. The van der Waals surface area contributed by atoms with E-state index in [0.717, 1.165) is 5.56 Å². The molecule has 0 saturated carbocycles. The quantitative estimate of drug-likeness (QED) is 0.577. The van der Waals surface area contributed by atoms with Crippen molar-refractivity contribution >= 4 is 21.6 Å². The summed E-state index contributed by atoms with van der Waals surface area (Å²) in [4.78, 5) is 25.8. The first-order chi connectivity index (χ1) is 11.8. The molecule has 2 aromatic heterocycles. The summed E-state index contributed by atoms with van der Waals surface area (Å²) < 4.78 is 3.51. The standard InChI is InChI=1S/C19H14N2O2S/c22-18-17-16(11-12-24-17)20(13-14-7-3-1-4-8-14)19(23)21(18)15-9-5-2-6-10-15/h1-12H,13H2. The van der Waals surface area contributed by atoms with Crippen LogP contribution in [-0.4, -0.2) is 9.13 Å². The molecule has 0 aliphatic carbocycles. The molecule has 118 valence electrons. The Bertz CT molecular complexity index is 1110. The zero-order valence-corrected chi connectivity index (χ0v) is 13.6. The molecule has 4 rings (SSSR count). The Morgan fingerprint density at radius 2 is 1.50 bits per heavy atom. The van der Waals surface area contributed by atoms with Gasteiger partial charge in [-0.25, -0.2) is 9.36 Å². The maximum Gasteiger partial charge on any atom is 0.336 e. The maximum atomic E-state index is 13.0. The number of benzene rings is 2. The maximum absolute atomic E-state index is 13.0. The van der Waals surface area contributed by atoms with Gasteiger partial charge in [-0.3, -0.25) is 9.36 Å². The fourth-order valence-corrected chi connectivity index (χ4v) is 3.63. The van der Waals surface area contributed by atoms with E-state index < -0.39 is 0 Å². The summed E-state index contributed by atoms with van der Waals surface area (Å²) in [5.41, 5.74) is 1.71. The number of nitrogens with zero attached hydrogens (tertiary/aromatic N) is 2. The molecule has 0 amide bonds. The van der Waals surface area contributed by atoms with Crippen LogP contribution in [0.4, 0.5) is 0 Å². The minimum Gasteiger partial charge on any atom is -0.288 e. The van der Waals surface area contributed by atoms with Crippen LogP contribution in [0, 0.1) is 0 Å². The summed E-state index contributed by atoms with van der Waals surface area (Å²) in [6.07, 6.45) is 0. The third kappa shape index (κ3) is 2.39.